The molecule has 0 amide bonds. The maximum Gasteiger partial charge on any atom is 0.416 e. The average molecular weight is 342 g/mol. The Kier molecular flexibility index (Phi) is 4.00. The molecule has 0 spiro atoms. The molecule has 0 radical (unpaired) electrons. The fraction of sp³-hybridized carbons (Fsp3) is 0.0714. The third kappa shape index (κ3) is 3.52. The molecular weight excluding hydrogens is 335 g/mol. The van der Waals surface area contributed by atoms with E-state index >= 15 is 0 Å². The van der Waals surface area contributed by atoms with Crippen LogP contribution in [-0.2, 0) is 6.18 Å². The summed E-state index contributed by atoms with van der Waals surface area (Å²) < 4.78 is 43.3. The Morgan fingerprint density at radius 1 is 1.00 bits per heavy atom. The van der Waals surface area contributed by atoms with E-state index in [9.17, 15) is 13.2 Å². The lowest BCUT2D eigenvalue weighted by Gasteiger charge is -2.09. The minimum absolute atomic E-state index is 0.264. The van der Waals surface area contributed by atoms with Crippen molar-refractivity contribution < 1.29 is 17.9 Å². The topological polar surface area (TPSA) is 33.0 Å². The first kappa shape index (κ1) is 14.4. The van der Waals surface area contributed by atoms with Crippen LogP contribution in [0.4, 0.5) is 13.2 Å². The van der Waals surface area contributed by atoms with E-state index in [1.54, 1.807) is 12.1 Å². The van der Waals surface area contributed by atoms with Crippen LogP contribution < -0.4 is 4.74 Å². The van der Waals surface area contributed by atoms with Crippen LogP contribution in [-0.4, -0.2) is 0 Å². The van der Waals surface area contributed by atoms with Crippen molar-refractivity contribution in [3.05, 3.63) is 58.1 Å². The van der Waals surface area contributed by atoms with E-state index in [2.05, 4.69) is 15.9 Å². The highest BCUT2D eigenvalue weighted by molar-refractivity contribution is 9.10. The number of hydrogen-bond donors (Lipinski definition) is 0. The molecule has 102 valence electrons. The summed E-state index contributed by atoms with van der Waals surface area (Å²) in [5.74, 6) is 0.635. The molecule has 0 saturated heterocycles. The molecule has 0 aliphatic rings. The first-order valence-electron chi connectivity index (χ1n) is 5.44. The van der Waals surface area contributed by atoms with Crippen molar-refractivity contribution in [2.75, 3.05) is 0 Å². The number of nitriles is 1. The van der Waals surface area contributed by atoms with Crippen LogP contribution in [0, 0.1) is 11.3 Å². The molecule has 0 atom stereocenters. The van der Waals surface area contributed by atoms with E-state index in [1.807, 2.05) is 6.07 Å². The minimum Gasteiger partial charge on any atom is -0.457 e. The summed E-state index contributed by atoms with van der Waals surface area (Å²) in [5.41, 5.74) is -0.349. The van der Waals surface area contributed by atoms with Gasteiger partial charge in [-0.1, -0.05) is 15.9 Å². The summed E-state index contributed by atoms with van der Waals surface area (Å²) in [5, 5.41) is 8.83. The van der Waals surface area contributed by atoms with E-state index in [1.165, 1.54) is 18.2 Å². The Bertz CT molecular complexity index is 660. The van der Waals surface area contributed by atoms with E-state index in [0.717, 1.165) is 12.1 Å². The Labute approximate surface area is 121 Å². The van der Waals surface area contributed by atoms with Gasteiger partial charge in [0.1, 0.15) is 11.5 Å². The van der Waals surface area contributed by atoms with Gasteiger partial charge in [-0.25, -0.2) is 0 Å². The number of ether oxygens (including phenoxy) is 1. The lowest BCUT2D eigenvalue weighted by Crippen LogP contribution is -2.03. The smallest absolute Gasteiger partial charge is 0.416 e. The molecule has 0 bridgehead atoms. The van der Waals surface area contributed by atoms with Crippen molar-refractivity contribution >= 4 is 15.9 Å². The van der Waals surface area contributed by atoms with E-state index in [4.69, 9.17) is 10.00 Å². The number of benzene rings is 2. The minimum atomic E-state index is -4.37. The monoisotopic (exact) mass is 341 g/mol. The van der Waals surface area contributed by atoms with Gasteiger partial charge in [0.15, 0.2) is 0 Å². The largest absolute Gasteiger partial charge is 0.457 e. The van der Waals surface area contributed by atoms with Crippen molar-refractivity contribution in [2.45, 2.75) is 6.18 Å². The molecule has 0 saturated carbocycles. The molecule has 0 aromatic heterocycles. The zero-order valence-electron chi connectivity index (χ0n) is 9.91. The van der Waals surface area contributed by atoms with Crippen LogP contribution in [0.2, 0.25) is 0 Å². The maximum atomic E-state index is 12.4. The van der Waals surface area contributed by atoms with Crippen LogP contribution in [0.1, 0.15) is 11.1 Å². The third-order valence-electron chi connectivity index (χ3n) is 2.42. The first-order chi connectivity index (χ1) is 9.38. The van der Waals surface area contributed by atoms with Crippen molar-refractivity contribution in [3.8, 4) is 17.6 Å². The summed E-state index contributed by atoms with van der Waals surface area (Å²) in [6, 6.07) is 11.1. The zero-order valence-corrected chi connectivity index (χ0v) is 11.5. The summed E-state index contributed by atoms with van der Waals surface area (Å²) in [7, 11) is 0. The molecule has 2 rings (SSSR count). The maximum absolute atomic E-state index is 12.4. The average Bonchev–Trinajstić information content (AvgIpc) is 2.37. The van der Waals surface area contributed by atoms with Gasteiger partial charge in [-0.2, -0.15) is 18.4 Å². The molecule has 0 fully saturated rings. The third-order valence-corrected chi connectivity index (χ3v) is 2.88. The van der Waals surface area contributed by atoms with E-state index < -0.39 is 11.7 Å². The van der Waals surface area contributed by atoms with E-state index in [-0.39, 0.29) is 5.75 Å². The van der Waals surface area contributed by atoms with Crippen molar-refractivity contribution in [1.29, 1.82) is 5.26 Å². The summed E-state index contributed by atoms with van der Waals surface area (Å²) >= 11 is 3.22. The van der Waals surface area contributed by atoms with Crippen molar-refractivity contribution in [1.82, 2.24) is 0 Å². The Morgan fingerprint density at radius 3 is 2.20 bits per heavy atom. The second-order valence-corrected chi connectivity index (χ2v) is 4.83. The Balaban J connectivity index is 2.23. The molecule has 0 N–H and O–H groups in total. The fourth-order valence-corrected chi connectivity index (χ4v) is 2.01. The van der Waals surface area contributed by atoms with E-state index in [0.29, 0.717) is 15.8 Å². The zero-order chi connectivity index (χ0) is 14.8. The number of rotatable bonds is 2. The summed E-state index contributed by atoms with van der Waals surface area (Å²) in [6.45, 7) is 0. The second-order valence-electron chi connectivity index (χ2n) is 3.91. The number of halogens is 4. The molecule has 2 aromatic carbocycles. The van der Waals surface area contributed by atoms with Gasteiger partial charge >= 0.3 is 6.18 Å². The van der Waals surface area contributed by atoms with Crippen LogP contribution >= 0.6 is 15.9 Å². The summed E-state index contributed by atoms with van der Waals surface area (Å²) in [4.78, 5) is 0. The number of alkyl halides is 3. The molecule has 0 unspecified atom stereocenters. The molecular formula is C14H7BrF3NO. The molecule has 0 heterocycles. The normalized spacial score (nSPS) is 10.9. The van der Waals surface area contributed by atoms with Gasteiger partial charge in [-0.3, -0.25) is 0 Å². The molecule has 2 nitrogen and oxygen atoms in total. The predicted molar refractivity (Wildman–Crippen MR) is 70.4 cm³/mol. The summed E-state index contributed by atoms with van der Waals surface area (Å²) in [6.07, 6.45) is -4.37. The lowest BCUT2D eigenvalue weighted by atomic mass is 10.2. The number of hydrogen-bond acceptors (Lipinski definition) is 2. The molecule has 0 aliphatic heterocycles. The van der Waals surface area contributed by atoms with Crippen LogP contribution in [0.15, 0.2) is 46.9 Å². The SMILES string of the molecule is N#Cc1cc(Br)cc(Oc2ccc(C(F)(F)F)cc2)c1. The van der Waals surface area contributed by atoms with Crippen molar-refractivity contribution in [2.24, 2.45) is 0 Å². The van der Waals surface area contributed by atoms with Gasteiger partial charge in [0.25, 0.3) is 0 Å². The predicted octanol–water partition coefficient (Wildman–Crippen LogP) is 5.13. The van der Waals surface area contributed by atoms with Gasteiger partial charge in [0, 0.05) is 4.47 Å². The quantitative estimate of drug-likeness (QED) is 0.758. The molecule has 20 heavy (non-hydrogen) atoms. The highest BCUT2D eigenvalue weighted by Crippen LogP contribution is 2.32. The van der Waals surface area contributed by atoms with Crippen LogP contribution in [0.25, 0.3) is 0 Å². The van der Waals surface area contributed by atoms with Gasteiger partial charge in [0.05, 0.1) is 17.2 Å². The van der Waals surface area contributed by atoms with Gasteiger partial charge in [-0.15, -0.1) is 0 Å². The van der Waals surface area contributed by atoms with Crippen LogP contribution in [0.3, 0.4) is 0 Å². The van der Waals surface area contributed by atoms with Crippen LogP contribution in [0.5, 0.6) is 11.5 Å². The van der Waals surface area contributed by atoms with Gasteiger partial charge in [0.2, 0.25) is 0 Å². The molecule has 2 aromatic rings. The first-order valence-corrected chi connectivity index (χ1v) is 6.23. The molecule has 6 heteroatoms. The Morgan fingerprint density at radius 2 is 1.65 bits per heavy atom. The van der Waals surface area contributed by atoms with Gasteiger partial charge < -0.3 is 4.74 Å². The standard InChI is InChI=1S/C14H7BrF3NO/c15-11-5-9(8-19)6-13(7-11)20-12-3-1-10(2-4-12)14(16,17)18/h1-7H. The molecule has 0 aliphatic carbocycles. The Hall–Kier alpha value is -2.00. The highest BCUT2D eigenvalue weighted by atomic mass is 79.9. The fourth-order valence-electron chi connectivity index (χ4n) is 1.53. The second kappa shape index (κ2) is 5.55. The van der Waals surface area contributed by atoms with Crippen molar-refractivity contribution in [3.63, 3.8) is 0 Å². The number of nitrogens with zero attached hydrogens (tertiary/aromatic N) is 1. The lowest BCUT2D eigenvalue weighted by molar-refractivity contribution is -0.137. The highest BCUT2D eigenvalue weighted by Gasteiger charge is 2.30. The van der Waals surface area contributed by atoms with Gasteiger partial charge in [-0.05, 0) is 42.5 Å².